The number of nitrogens with zero attached hydrogens (tertiary/aromatic N) is 3. The van der Waals surface area contributed by atoms with Gasteiger partial charge in [-0.25, -0.2) is 27.1 Å². The van der Waals surface area contributed by atoms with Crippen LogP contribution >= 0.6 is 0 Å². The number of piperazine rings is 1. The van der Waals surface area contributed by atoms with Crippen molar-refractivity contribution in [2.24, 2.45) is 5.10 Å². The highest BCUT2D eigenvalue weighted by Crippen LogP contribution is 2.25. The molecular weight excluding hydrogens is 544 g/mol. The molecule has 4 rings (SSSR count). The van der Waals surface area contributed by atoms with Crippen LogP contribution in [0.5, 0.6) is 0 Å². The summed E-state index contributed by atoms with van der Waals surface area (Å²) in [5, 5.41) is 3.92. The Kier molecular flexibility index (Phi) is 8.55. The topological polar surface area (TPSA) is 143 Å². The maximum absolute atomic E-state index is 13.4. The number of benzene rings is 3. The van der Waals surface area contributed by atoms with E-state index in [2.05, 4.69) is 15.3 Å². The zero-order chi connectivity index (χ0) is 28.0. The first-order chi connectivity index (χ1) is 18.6. The third-order valence-corrected chi connectivity index (χ3v) is 9.85. The number of hydrogen-bond donors (Lipinski definition) is 1. The largest absolute Gasteiger partial charge is 0.465 e. The van der Waals surface area contributed by atoms with Crippen molar-refractivity contribution in [2.45, 2.75) is 15.8 Å². The SMILES string of the molecule is COC(=O)c1ccc(/C=N\NC(=O)[C@H]2CN(S(=O)(=O)c3ccccc3)CCN2S(=O)(=O)c2ccccc2)cc1. The highest BCUT2D eigenvalue weighted by atomic mass is 32.2. The molecular formula is C26H26N4O7S2. The van der Waals surface area contributed by atoms with Crippen LogP contribution in [0.4, 0.5) is 0 Å². The van der Waals surface area contributed by atoms with Crippen molar-refractivity contribution < 1.29 is 31.2 Å². The summed E-state index contributed by atoms with van der Waals surface area (Å²) in [6.45, 7) is -0.776. The van der Waals surface area contributed by atoms with Gasteiger partial charge in [0.2, 0.25) is 20.0 Å². The minimum Gasteiger partial charge on any atom is -0.465 e. The first kappa shape index (κ1) is 28.1. The number of hydrogen-bond acceptors (Lipinski definition) is 8. The highest BCUT2D eigenvalue weighted by molar-refractivity contribution is 7.89. The Bertz CT molecular complexity index is 1560. The van der Waals surface area contributed by atoms with Gasteiger partial charge in [0.25, 0.3) is 5.91 Å². The lowest BCUT2D eigenvalue weighted by molar-refractivity contribution is -0.125. The van der Waals surface area contributed by atoms with Crippen molar-refractivity contribution >= 4 is 38.1 Å². The lowest BCUT2D eigenvalue weighted by Gasteiger charge is -2.38. The minimum atomic E-state index is -4.13. The van der Waals surface area contributed by atoms with E-state index in [1.807, 2.05) is 0 Å². The van der Waals surface area contributed by atoms with Crippen molar-refractivity contribution in [3.05, 3.63) is 96.1 Å². The molecule has 0 spiro atoms. The molecule has 39 heavy (non-hydrogen) atoms. The summed E-state index contributed by atoms with van der Waals surface area (Å²) >= 11 is 0. The number of rotatable bonds is 8. The molecule has 3 aromatic rings. The van der Waals surface area contributed by atoms with Gasteiger partial charge in [0, 0.05) is 19.6 Å². The van der Waals surface area contributed by atoms with Crippen LogP contribution in [0, 0.1) is 0 Å². The molecule has 1 heterocycles. The van der Waals surface area contributed by atoms with Gasteiger partial charge in [-0.15, -0.1) is 0 Å². The molecule has 1 aliphatic heterocycles. The predicted octanol–water partition coefficient (Wildman–Crippen LogP) is 1.69. The molecule has 3 aromatic carbocycles. The molecule has 0 bridgehead atoms. The van der Waals surface area contributed by atoms with Crippen LogP contribution in [0.25, 0.3) is 0 Å². The number of esters is 1. The van der Waals surface area contributed by atoms with Crippen LogP contribution in [0.1, 0.15) is 15.9 Å². The van der Waals surface area contributed by atoms with E-state index in [4.69, 9.17) is 0 Å². The van der Waals surface area contributed by atoms with Gasteiger partial charge in [-0.2, -0.15) is 13.7 Å². The second-order valence-corrected chi connectivity index (χ2v) is 12.3. The second-order valence-electron chi connectivity index (χ2n) is 8.47. The lowest BCUT2D eigenvalue weighted by atomic mass is 10.1. The van der Waals surface area contributed by atoms with Crippen LogP contribution in [0.2, 0.25) is 0 Å². The third kappa shape index (κ3) is 6.23. The Morgan fingerprint density at radius 1 is 0.846 bits per heavy atom. The minimum absolute atomic E-state index is 0.0173. The number of sulfonamides is 2. The molecule has 1 atom stereocenters. The quantitative estimate of drug-likeness (QED) is 0.247. The first-order valence-corrected chi connectivity index (χ1v) is 14.7. The number of carbonyl (C=O) groups is 2. The maximum atomic E-state index is 13.4. The van der Waals surface area contributed by atoms with Crippen LogP contribution in [-0.2, 0) is 29.6 Å². The molecule has 204 valence electrons. The summed E-state index contributed by atoms with van der Waals surface area (Å²) in [5.74, 6) is -1.30. The lowest BCUT2D eigenvalue weighted by Crippen LogP contribution is -2.60. The molecule has 0 aromatic heterocycles. The fourth-order valence-electron chi connectivity index (χ4n) is 4.00. The normalized spacial score (nSPS) is 17.1. The third-order valence-electron chi connectivity index (χ3n) is 6.05. The fourth-order valence-corrected chi connectivity index (χ4v) is 7.05. The molecule has 1 fully saturated rings. The van der Waals surface area contributed by atoms with Crippen molar-refractivity contribution in [3.63, 3.8) is 0 Å². The van der Waals surface area contributed by atoms with Crippen LogP contribution in [-0.4, -0.2) is 76.3 Å². The first-order valence-electron chi connectivity index (χ1n) is 11.8. The number of carbonyl (C=O) groups excluding carboxylic acids is 2. The summed E-state index contributed by atoms with van der Waals surface area (Å²) in [4.78, 5) is 24.9. The maximum Gasteiger partial charge on any atom is 0.337 e. The number of hydrazone groups is 1. The van der Waals surface area contributed by atoms with Gasteiger partial charge in [0.1, 0.15) is 6.04 Å². The molecule has 0 radical (unpaired) electrons. The van der Waals surface area contributed by atoms with Crippen molar-refractivity contribution in [1.29, 1.82) is 0 Å². The number of ether oxygens (including phenoxy) is 1. The van der Waals surface area contributed by atoms with E-state index in [1.165, 1.54) is 49.7 Å². The highest BCUT2D eigenvalue weighted by Gasteiger charge is 2.43. The summed E-state index contributed by atoms with van der Waals surface area (Å²) < 4.78 is 60.1. The van der Waals surface area contributed by atoms with Gasteiger partial charge >= 0.3 is 5.97 Å². The fraction of sp³-hybridized carbons (Fsp3) is 0.192. The number of nitrogens with one attached hydrogen (secondary N) is 1. The van der Waals surface area contributed by atoms with Gasteiger partial charge in [0.05, 0.1) is 28.7 Å². The van der Waals surface area contributed by atoms with E-state index in [-0.39, 0.29) is 22.9 Å². The molecule has 0 aliphatic carbocycles. The average molecular weight is 571 g/mol. The van der Waals surface area contributed by atoms with E-state index in [0.717, 1.165) is 8.61 Å². The average Bonchev–Trinajstić information content (AvgIpc) is 2.97. The second kappa shape index (κ2) is 11.9. The van der Waals surface area contributed by atoms with E-state index in [0.29, 0.717) is 11.1 Å². The van der Waals surface area contributed by atoms with Crippen molar-refractivity contribution in [3.8, 4) is 0 Å². The summed E-state index contributed by atoms with van der Waals surface area (Å²) in [6, 6.07) is 20.2. The molecule has 1 saturated heterocycles. The standard InChI is InChI=1S/C26H26N4O7S2/c1-37-26(32)21-14-12-20(13-15-21)18-27-28-25(31)24-19-29(38(33,34)22-8-4-2-5-9-22)16-17-30(24)39(35,36)23-10-6-3-7-11-23/h2-15,18,24H,16-17,19H2,1H3,(H,28,31)/b27-18-/t24-/m1/s1. The van der Waals surface area contributed by atoms with Crippen LogP contribution in [0.3, 0.4) is 0 Å². The number of amides is 1. The zero-order valence-corrected chi connectivity index (χ0v) is 22.5. The smallest absolute Gasteiger partial charge is 0.337 e. The molecule has 1 amide bonds. The predicted molar refractivity (Wildman–Crippen MR) is 143 cm³/mol. The van der Waals surface area contributed by atoms with E-state index < -0.39 is 44.5 Å². The Hall–Kier alpha value is -3.91. The summed E-state index contributed by atoms with van der Waals surface area (Å²) in [7, 11) is -6.84. The molecule has 1 aliphatic rings. The Morgan fingerprint density at radius 2 is 1.41 bits per heavy atom. The van der Waals surface area contributed by atoms with Crippen LogP contribution in [0.15, 0.2) is 99.8 Å². The van der Waals surface area contributed by atoms with Gasteiger partial charge in [-0.3, -0.25) is 4.79 Å². The summed E-state index contributed by atoms with van der Waals surface area (Å²) in [5.41, 5.74) is 3.21. The van der Waals surface area contributed by atoms with Crippen molar-refractivity contribution in [1.82, 2.24) is 14.0 Å². The zero-order valence-electron chi connectivity index (χ0n) is 20.9. The molecule has 0 saturated carbocycles. The van der Waals surface area contributed by atoms with E-state index >= 15 is 0 Å². The molecule has 0 unspecified atom stereocenters. The van der Waals surface area contributed by atoms with Gasteiger partial charge in [0.15, 0.2) is 0 Å². The van der Waals surface area contributed by atoms with Gasteiger partial charge in [-0.1, -0.05) is 48.5 Å². The van der Waals surface area contributed by atoms with Crippen LogP contribution < -0.4 is 5.43 Å². The summed E-state index contributed by atoms with van der Waals surface area (Å²) in [6.07, 6.45) is 1.32. The monoisotopic (exact) mass is 570 g/mol. The van der Waals surface area contributed by atoms with Crippen molar-refractivity contribution in [2.75, 3.05) is 26.7 Å². The Balaban J connectivity index is 1.58. The number of methoxy groups -OCH3 is 1. The molecule has 13 heteroatoms. The Labute approximate surface area is 226 Å². The molecule has 1 N–H and O–H groups in total. The van der Waals surface area contributed by atoms with E-state index in [1.54, 1.807) is 48.5 Å². The molecule has 11 nitrogen and oxygen atoms in total. The Morgan fingerprint density at radius 3 is 1.97 bits per heavy atom. The van der Waals surface area contributed by atoms with Gasteiger partial charge < -0.3 is 4.74 Å². The van der Waals surface area contributed by atoms with E-state index in [9.17, 15) is 26.4 Å². The van der Waals surface area contributed by atoms with Gasteiger partial charge in [-0.05, 0) is 42.0 Å².